The molecule has 2 aliphatic rings. The van der Waals surface area contributed by atoms with E-state index in [4.69, 9.17) is 10.00 Å². The molecule has 1 heterocycles. The third-order valence-corrected chi connectivity index (χ3v) is 2.61. The summed E-state index contributed by atoms with van der Waals surface area (Å²) in [5, 5.41) is 8.84. The molecule has 0 saturated carbocycles. The lowest BCUT2D eigenvalue weighted by Crippen LogP contribution is -2.71. The Morgan fingerprint density at radius 3 is 2.92 bits per heavy atom. The van der Waals surface area contributed by atoms with Gasteiger partial charge in [0, 0.05) is 7.05 Å². The maximum atomic E-state index is 11.3. The number of rotatable bonds is 1. The van der Waals surface area contributed by atoms with Gasteiger partial charge >= 0.3 is 0 Å². The Bertz CT molecular complexity index is 328. The maximum Gasteiger partial charge on any atom is 0.253 e. The summed E-state index contributed by atoms with van der Waals surface area (Å²) in [7, 11) is 3.16. The first kappa shape index (κ1) is 7.17. The van der Waals surface area contributed by atoms with E-state index in [2.05, 4.69) is 0 Å². The molecule has 62 valence electrons. The Balaban J connectivity index is 2.40. The fourth-order valence-electron chi connectivity index (χ4n) is 1.82. The number of amides is 1. The van der Waals surface area contributed by atoms with E-state index < -0.39 is 5.41 Å². The van der Waals surface area contributed by atoms with Gasteiger partial charge in [0.25, 0.3) is 5.91 Å². The van der Waals surface area contributed by atoms with Gasteiger partial charge in [0.1, 0.15) is 5.76 Å². The van der Waals surface area contributed by atoms with E-state index in [0.29, 0.717) is 5.76 Å². The molecular weight excluding hydrogens is 156 g/mol. The predicted molar refractivity (Wildman–Crippen MR) is 39.7 cm³/mol. The van der Waals surface area contributed by atoms with Crippen molar-refractivity contribution in [1.29, 1.82) is 5.26 Å². The maximum absolute atomic E-state index is 11.3. The van der Waals surface area contributed by atoms with Crippen molar-refractivity contribution >= 4 is 5.91 Å². The van der Waals surface area contributed by atoms with E-state index in [1.54, 1.807) is 18.0 Å². The fraction of sp³-hybridized carbons (Fsp3) is 0.500. The Morgan fingerprint density at radius 2 is 2.50 bits per heavy atom. The minimum Gasteiger partial charge on any atom is -0.499 e. The van der Waals surface area contributed by atoms with E-state index in [9.17, 15) is 4.79 Å². The van der Waals surface area contributed by atoms with Gasteiger partial charge in [0.15, 0.2) is 0 Å². The molecule has 0 aromatic carbocycles. The van der Waals surface area contributed by atoms with Gasteiger partial charge in [-0.05, 0) is 6.08 Å². The second-order valence-electron chi connectivity index (χ2n) is 3.02. The summed E-state index contributed by atoms with van der Waals surface area (Å²) in [6.07, 6.45) is 1.80. The first-order chi connectivity index (χ1) is 5.68. The van der Waals surface area contributed by atoms with Gasteiger partial charge in [-0.2, -0.15) is 5.26 Å². The van der Waals surface area contributed by atoms with Crippen LogP contribution in [-0.2, 0) is 9.53 Å². The third kappa shape index (κ3) is 0.426. The highest BCUT2D eigenvalue weighted by Crippen LogP contribution is 2.52. The van der Waals surface area contributed by atoms with Crippen LogP contribution in [0.4, 0.5) is 0 Å². The van der Waals surface area contributed by atoms with E-state index in [-0.39, 0.29) is 11.9 Å². The molecule has 1 aliphatic heterocycles. The molecule has 0 aromatic rings. The number of hydrogen-bond acceptors (Lipinski definition) is 3. The molecule has 0 N–H and O–H groups in total. The molecule has 1 fully saturated rings. The van der Waals surface area contributed by atoms with Crippen LogP contribution in [0.5, 0.6) is 0 Å². The van der Waals surface area contributed by atoms with Gasteiger partial charge in [0.05, 0.1) is 19.2 Å². The number of ether oxygens (including phenoxy) is 1. The number of nitrogens with zero attached hydrogens (tertiary/aromatic N) is 2. The van der Waals surface area contributed by atoms with Crippen molar-refractivity contribution in [3.63, 3.8) is 0 Å². The lowest BCUT2D eigenvalue weighted by atomic mass is 9.62. The van der Waals surface area contributed by atoms with Crippen molar-refractivity contribution in [2.75, 3.05) is 14.2 Å². The summed E-state index contributed by atoms with van der Waals surface area (Å²) >= 11 is 0. The zero-order valence-corrected chi connectivity index (χ0v) is 6.87. The average molecular weight is 164 g/mol. The van der Waals surface area contributed by atoms with Crippen LogP contribution in [0.25, 0.3) is 0 Å². The van der Waals surface area contributed by atoms with Gasteiger partial charge in [-0.1, -0.05) is 0 Å². The van der Waals surface area contributed by atoms with Gasteiger partial charge in [-0.25, -0.2) is 0 Å². The summed E-state index contributed by atoms with van der Waals surface area (Å²) in [4.78, 5) is 12.9. The summed E-state index contributed by atoms with van der Waals surface area (Å²) in [5.41, 5.74) is -0.969. The molecule has 0 radical (unpaired) electrons. The highest BCUT2D eigenvalue weighted by atomic mass is 16.5. The van der Waals surface area contributed by atoms with E-state index in [0.717, 1.165) is 0 Å². The number of carbonyl (C=O) groups is 1. The zero-order valence-electron chi connectivity index (χ0n) is 6.87. The van der Waals surface area contributed by atoms with Crippen LogP contribution in [0, 0.1) is 16.7 Å². The van der Waals surface area contributed by atoms with Crippen LogP contribution in [0.1, 0.15) is 0 Å². The third-order valence-electron chi connectivity index (χ3n) is 2.61. The average Bonchev–Trinajstić information content (AvgIpc) is 2.05. The second-order valence-corrected chi connectivity index (χ2v) is 3.02. The molecule has 1 saturated heterocycles. The Labute approximate surface area is 70.0 Å². The smallest absolute Gasteiger partial charge is 0.253 e. The lowest BCUT2D eigenvalue weighted by molar-refractivity contribution is -0.162. The topological polar surface area (TPSA) is 53.3 Å². The lowest BCUT2D eigenvalue weighted by Gasteiger charge is -2.55. The molecule has 0 spiro atoms. The van der Waals surface area contributed by atoms with E-state index in [1.807, 2.05) is 6.07 Å². The summed E-state index contributed by atoms with van der Waals surface area (Å²) < 4.78 is 4.92. The minimum atomic E-state index is -0.969. The molecule has 12 heavy (non-hydrogen) atoms. The molecule has 1 aliphatic carbocycles. The van der Waals surface area contributed by atoms with Crippen LogP contribution in [0.3, 0.4) is 0 Å². The molecule has 0 bridgehead atoms. The normalized spacial score (nSPS) is 37.1. The Morgan fingerprint density at radius 1 is 1.83 bits per heavy atom. The number of β-lactam (4-membered cyclic amide) rings is 1. The number of likely N-dealkylation sites (N-methyl/N-ethyl adjacent to an activating group) is 1. The van der Waals surface area contributed by atoms with Gasteiger partial charge in [0.2, 0.25) is 5.41 Å². The number of carbonyl (C=O) groups excluding carboxylic acids is 1. The van der Waals surface area contributed by atoms with Crippen molar-refractivity contribution in [3.05, 3.63) is 11.8 Å². The summed E-state index contributed by atoms with van der Waals surface area (Å²) in [6.45, 7) is 0. The largest absolute Gasteiger partial charge is 0.499 e. The fourth-order valence-corrected chi connectivity index (χ4v) is 1.82. The van der Waals surface area contributed by atoms with Crippen molar-refractivity contribution in [3.8, 4) is 6.07 Å². The van der Waals surface area contributed by atoms with Crippen molar-refractivity contribution in [1.82, 2.24) is 4.90 Å². The molecule has 2 rings (SSSR count). The molecule has 2 atom stereocenters. The number of hydrogen-bond donors (Lipinski definition) is 0. The van der Waals surface area contributed by atoms with Gasteiger partial charge in [-0.3, -0.25) is 4.79 Å². The van der Waals surface area contributed by atoms with Crippen LogP contribution in [-0.4, -0.2) is 31.0 Å². The Kier molecular flexibility index (Phi) is 1.08. The van der Waals surface area contributed by atoms with Gasteiger partial charge < -0.3 is 9.64 Å². The van der Waals surface area contributed by atoms with Crippen LogP contribution >= 0.6 is 0 Å². The number of fused-ring (bicyclic) bond motifs is 1. The number of methoxy groups -OCH3 is 1. The zero-order chi connectivity index (χ0) is 8.93. The molecule has 4 heteroatoms. The number of likely N-dealkylation sites (tertiary alicyclic amines) is 1. The summed E-state index contributed by atoms with van der Waals surface area (Å²) in [6, 6.07) is 1.95. The summed E-state index contributed by atoms with van der Waals surface area (Å²) in [5.74, 6) is 0.340. The predicted octanol–water partition coefficient (Wildman–Crippen LogP) is -0.119. The SMILES string of the molecule is COC1=CC2N(C)C(=O)C12C#N. The molecule has 2 unspecified atom stereocenters. The van der Waals surface area contributed by atoms with Crippen molar-refractivity contribution in [2.45, 2.75) is 6.04 Å². The Hall–Kier alpha value is -1.50. The first-order valence-electron chi connectivity index (χ1n) is 3.63. The van der Waals surface area contributed by atoms with Gasteiger partial charge in [-0.15, -0.1) is 0 Å². The molecule has 0 aromatic heterocycles. The second kappa shape index (κ2) is 1.81. The number of nitriles is 1. The quantitative estimate of drug-likeness (QED) is 0.508. The highest BCUT2D eigenvalue weighted by molar-refractivity contribution is 5.99. The van der Waals surface area contributed by atoms with E-state index >= 15 is 0 Å². The van der Waals surface area contributed by atoms with Crippen molar-refractivity contribution < 1.29 is 9.53 Å². The molecule has 4 nitrogen and oxygen atoms in total. The standard InChI is InChI=1S/C8H8N2O2/c1-10-5-3-6(12-2)8(5,4-9)7(10)11/h3,5H,1-2H3. The van der Waals surface area contributed by atoms with Crippen molar-refractivity contribution in [2.24, 2.45) is 5.41 Å². The molecular formula is C8H8N2O2. The highest BCUT2D eigenvalue weighted by Gasteiger charge is 2.68. The van der Waals surface area contributed by atoms with E-state index in [1.165, 1.54) is 7.11 Å². The molecule has 1 amide bonds. The first-order valence-corrected chi connectivity index (χ1v) is 3.63. The van der Waals surface area contributed by atoms with Crippen LogP contribution in [0.15, 0.2) is 11.8 Å². The van der Waals surface area contributed by atoms with Crippen LogP contribution in [0.2, 0.25) is 0 Å². The minimum absolute atomic E-state index is 0.0649. The monoisotopic (exact) mass is 164 g/mol. The van der Waals surface area contributed by atoms with Crippen LogP contribution < -0.4 is 0 Å².